The Hall–Kier alpha value is -4.79. The third-order valence-electron chi connectivity index (χ3n) is 5.40. The van der Waals surface area contributed by atoms with Crippen LogP contribution in [0.3, 0.4) is 0 Å². The number of anilines is 1. The molecule has 9 nitrogen and oxygen atoms in total. The van der Waals surface area contributed by atoms with Crippen LogP contribution in [0.25, 0.3) is 28.4 Å². The minimum atomic E-state index is -0.240. The first kappa shape index (κ1) is 23.0. The Labute approximate surface area is 207 Å². The van der Waals surface area contributed by atoms with E-state index in [1.165, 1.54) is 0 Å². The van der Waals surface area contributed by atoms with Gasteiger partial charge in [-0.05, 0) is 68.4 Å². The highest BCUT2D eigenvalue weighted by Crippen LogP contribution is 2.29. The molecule has 0 spiro atoms. The molecule has 0 saturated heterocycles. The Morgan fingerprint density at radius 3 is 2.42 bits per heavy atom. The lowest BCUT2D eigenvalue weighted by Gasteiger charge is -2.12. The predicted molar refractivity (Wildman–Crippen MR) is 136 cm³/mol. The summed E-state index contributed by atoms with van der Waals surface area (Å²) in [6, 6.07) is 22.0. The summed E-state index contributed by atoms with van der Waals surface area (Å²) in [6.07, 6.45) is 1.71. The van der Waals surface area contributed by atoms with Gasteiger partial charge in [0.15, 0.2) is 17.1 Å². The lowest BCUT2D eigenvalue weighted by Crippen LogP contribution is -2.12. The van der Waals surface area contributed by atoms with E-state index in [-0.39, 0.29) is 5.91 Å². The van der Waals surface area contributed by atoms with Gasteiger partial charge in [0.05, 0.1) is 18.9 Å². The van der Waals surface area contributed by atoms with Crippen LogP contribution in [0.1, 0.15) is 24.2 Å². The Kier molecular flexibility index (Phi) is 6.53. The highest BCUT2D eigenvalue weighted by atomic mass is 16.5. The number of carbonyl (C=O) groups excluding carboxylic acids is 1. The second kappa shape index (κ2) is 10.2. The molecule has 9 heteroatoms. The Balaban J connectivity index is 1.35. The van der Waals surface area contributed by atoms with Crippen molar-refractivity contribution >= 4 is 17.2 Å². The number of carbonyl (C=O) groups is 1. The molecule has 1 amide bonds. The third kappa shape index (κ3) is 4.72. The summed E-state index contributed by atoms with van der Waals surface area (Å²) >= 11 is 0. The number of nitrogens with zero attached hydrogens (tertiary/aromatic N) is 5. The van der Waals surface area contributed by atoms with Crippen LogP contribution in [0.5, 0.6) is 11.5 Å². The number of rotatable bonds is 8. The first-order valence-electron chi connectivity index (χ1n) is 11.6. The number of hydrogen-bond donors (Lipinski definition) is 1. The molecular weight excluding hydrogens is 456 g/mol. The fourth-order valence-electron chi connectivity index (χ4n) is 3.72. The number of hydrogen-bond acceptors (Lipinski definition) is 7. The fourth-order valence-corrected chi connectivity index (χ4v) is 3.72. The van der Waals surface area contributed by atoms with Crippen molar-refractivity contribution in [3.05, 3.63) is 84.6 Å². The molecule has 0 aliphatic carbocycles. The van der Waals surface area contributed by atoms with Crippen LogP contribution in [0.15, 0.2) is 79.0 Å². The van der Waals surface area contributed by atoms with Gasteiger partial charge in [0.1, 0.15) is 5.69 Å². The van der Waals surface area contributed by atoms with Crippen molar-refractivity contribution in [1.29, 1.82) is 0 Å². The zero-order valence-corrected chi connectivity index (χ0v) is 19.9. The van der Waals surface area contributed by atoms with Crippen LogP contribution < -0.4 is 14.8 Å². The predicted octanol–water partition coefficient (Wildman–Crippen LogP) is 4.90. The molecule has 180 valence electrons. The van der Waals surface area contributed by atoms with Crippen molar-refractivity contribution < 1.29 is 14.3 Å². The molecule has 0 bridgehead atoms. The zero-order chi connectivity index (χ0) is 24.9. The number of aromatic nitrogens is 5. The molecule has 0 aliphatic heterocycles. The summed E-state index contributed by atoms with van der Waals surface area (Å²) in [5.41, 5.74) is 4.09. The summed E-state index contributed by atoms with van der Waals surface area (Å²) in [5, 5.41) is 16.1. The van der Waals surface area contributed by atoms with Gasteiger partial charge in [-0.25, -0.2) is 0 Å². The number of amides is 1. The normalized spacial score (nSPS) is 10.8. The van der Waals surface area contributed by atoms with Crippen molar-refractivity contribution in [2.75, 3.05) is 18.5 Å². The fraction of sp³-hybridized carbons (Fsp3) is 0.148. The molecule has 5 rings (SSSR count). The van der Waals surface area contributed by atoms with Gasteiger partial charge in [0.25, 0.3) is 5.91 Å². The van der Waals surface area contributed by atoms with E-state index in [0.29, 0.717) is 53.1 Å². The topological polar surface area (TPSA) is 104 Å². The van der Waals surface area contributed by atoms with Gasteiger partial charge in [-0.1, -0.05) is 18.2 Å². The van der Waals surface area contributed by atoms with Crippen molar-refractivity contribution in [1.82, 2.24) is 24.8 Å². The summed E-state index contributed by atoms with van der Waals surface area (Å²) in [5.74, 6) is 1.49. The molecule has 0 unspecified atom stereocenters. The van der Waals surface area contributed by atoms with Crippen LogP contribution in [-0.4, -0.2) is 43.9 Å². The molecule has 2 aromatic carbocycles. The largest absolute Gasteiger partial charge is 0.490 e. The molecular formula is C27H24N6O3. The molecule has 0 fully saturated rings. The minimum Gasteiger partial charge on any atom is -0.490 e. The quantitative estimate of drug-likeness (QED) is 0.337. The standard InChI is InChI=1S/C27H24N6O3/c1-3-35-23-14-10-19(17-24(23)36-4-2)27(34)29-20-11-8-18(9-12-20)21-13-15-25-30-31-26(33(25)32-21)22-7-5-6-16-28-22/h5-17H,3-4H2,1-2H3,(H,29,34). The Morgan fingerprint density at radius 2 is 1.67 bits per heavy atom. The Bertz CT molecular complexity index is 1500. The van der Waals surface area contributed by atoms with Crippen LogP contribution in [0.2, 0.25) is 0 Å². The summed E-state index contributed by atoms with van der Waals surface area (Å²) < 4.78 is 12.9. The van der Waals surface area contributed by atoms with Crippen molar-refractivity contribution in [2.24, 2.45) is 0 Å². The molecule has 3 aromatic heterocycles. The van der Waals surface area contributed by atoms with Crippen LogP contribution >= 0.6 is 0 Å². The average molecular weight is 481 g/mol. The van der Waals surface area contributed by atoms with Gasteiger partial charge in [0.2, 0.25) is 5.82 Å². The maximum Gasteiger partial charge on any atom is 0.255 e. The number of fused-ring (bicyclic) bond motifs is 1. The lowest BCUT2D eigenvalue weighted by atomic mass is 10.1. The summed E-state index contributed by atoms with van der Waals surface area (Å²) in [7, 11) is 0. The van der Waals surface area contributed by atoms with Crippen LogP contribution in [0.4, 0.5) is 5.69 Å². The highest BCUT2D eigenvalue weighted by Gasteiger charge is 2.14. The van der Waals surface area contributed by atoms with Crippen LogP contribution in [0, 0.1) is 0 Å². The monoisotopic (exact) mass is 480 g/mol. The van der Waals surface area contributed by atoms with E-state index < -0.39 is 0 Å². The SMILES string of the molecule is CCOc1ccc(C(=O)Nc2ccc(-c3ccc4nnc(-c5ccccn5)n4n3)cc2)cc1OCC. The average Bonchev–Trinajstić information content (AvgIpc) is 3.34. The van der Waals surface area contributed by atoms with Gasteiger partial charge in [0, 0.05) is 23.0 Å². The third-order valence-corrected chi connectivity index (χ3v) is 5.40. The minimum absolute atomic E-state index is 0.240. The molecule has 5 aromatic rings. The van der Waals surface area contributed by atoms with Crippen molar-refractivity contribution in [3.8, 4) is 34.3 Å². The van der Waals surface area contributed by atoms with E-state index >= 15 is 0 Å². The second-order valence-corrected chi connectivity index (χ2v) is 7.79. The first-order valence-corrected chi connectivity index (χ1v) is 11.6. The molecule has 1 N–H and O–H groups in total. The molecule has 0 saturated carbocycles. The molecule has 0 atom stereocenters. The van der Waals surface area contributed by atoms with Crippen molar-refractivity contribution in [3.63, 3.8) is 0 Å². The van der Waals surface area contributed by atoms with Gasteiger partial charge in [-0.15, -0.1) is 10.2 Å². The number of nitrogens with one attached hydrogen (secondary N) is 1. The van der Waals surface area contributed by atoms with Crippen LogP contribution in [-0.2, 0) is 0 Å². The number of pyridine rings is 1. The maximum absolute atomic E-state index is 12.8. The van der Waals surface area contributed by atoms with E-state index in [2.05, 4.69) is 20.5 Å². The highest BCUT2D eigenvalue weighted by molar-refractivity contribution is 6.04. The molecule has 0 radical (unpaired) electrons. The first-order chi connectivity index (χ1) is 17.7. The smallest absolute Gasteiger partial charge is 0.255 e. The Morgan fingerprint density at radius 1 is 0.861 bits per heavy atom. The summed E-state index contributed by atoms with van der Waals surface area (Å²) in [4.78, 5) is 17.2. The van der Waals surface area contributed by atoms with E-state index in [0.717, 1.165) is 11.3 Å². The lowest BCUT2D eigenvalue weighted by molar-refractivity contribution is 0.102. The molecule has 0 aliphatic rings. The van der Waals surface area contributed by atoms with Gasteiger partial charge < -0.3 is 14.8 Å². The number of ether oxygens (including phenoxy) is 2. The second-order valence-electron chi connectivity index (χ2n) is 7.79. The maximum atomic E-state index is 12.8. The zero-order valence-electron chi connectivity index (χ0n) is 19.9. The number of benzene rings is 2. The van der Waals surface area contributed by atoms with Gasteiger partial charge >= 0.3 is 0 Å². The summed E-state index contributed by atoms with van der Waals surface area (Å²) in [6.45, 7) is 4.78. The van der Waals surface area contributed by atoms with Gasteiger partial charge in [-0.3, -0.25) is 9.78 Å². The van der Waals surface area contributed by atoms with E-state index in [1.54, 1.807) is 28.9 Å². The van der Waals surface area contributed by atoms with E-state index in [1.807, 2.05) is 68.4 Å². The molecule has 3 heterocycles. The van der Waals surface area contributed by atoms with Gasteiger partial charge in [-0.2, -0.15) is 9.61 Å². The van der Waals surface area contributed by atoms with Crippen molar-refractivity contribution in [2.45, 2.75) is 13.8 Å². The van der Waals surface area contributed by atoms with E-state index in [9.17, 15) is 4.79 Å². The van der Waals surface area contributed by atoms with E-state index in [4.69, 9.17) is 14.6 Å². The molecule has 36 heavy (non-hydrogen) atoms.